The van der Waals surface area contributed by atoms with E-state index in [0.29, 0.717) is 5.75 Å². The number of carbonyl (C=O) groups is 4. The average molecular weight is 378 g/mol. The highest BCUT2D eigenvalue weighted by atomic mass is 32.2. The van der Waals surface area contributed by atoms with Gasteiger partial charge in [-0.1, -0.05) is 0 Å². The van der Waals surface area contributed by atoms with Crippen molar-refractivity contribution in [3.63, 3.8) is 0 Å². The largest absolute Gasteiger partial charge is 0.496 e. The van der Waals surface area contributed by atoms with Gasteiger partial charge in [-0.2, -0.15) is 0 Å². The van der Waals surface area contributed by atoms with Crippen molar-refractivity contribution in [2.45, 2.75) is 11.4 Å². The van der Waals surface area contributed by atoms with Gasteiger partial charge in [0.2, 0.25) is 0 Å². The van der Waals surface area contributed by atoms with Crippen molar-refractivity contribution in [2.75, 3.05) is 12.9 Å². The van der Waals surface area contributed by atoms with E-state index >= 15 is 0 Å². The molecule has 26 heavy (non-hydrogen) atoms. The molecule has 0 aromatic heterocycles. The van der Waals surface area contributed by atoms with Crippen LogP contribution in [0.5, 0.6) is 11.5 Å². The molecule has 2 amide bonds. The highest BCUT2D eigenvalue weighted by Gasteiger charge is 2.52. The molecule has 0 bridgehead atoms. The van der Waals surface area contributed by atoms with Gasteiger partial charge < -0.3 is 19.9 Å². The van der Waals surface area contributed by atoms with E-state index in [4.69, 9.17) is 14.6 Å². The molecule has 9 nitrogen and oxygen atoms in total. The summed E-state index contributed by atoms with van der Waals surface area (Å²) < 4.78 is 9.82. The summed E-state index contributed by atoms with van der Waals surface area (Å²) in [5, 5.41) is 11.3. The number of benzene rings is 1. The molecule has 136 valence electrons. The minimum Gasteiger partial charge on any atom is -0.496 e. The Balaban J connectivity index is 1.75. The first-order chi connectivity index (χ1) is 12.5. The molecule has 1 aromatic carbocycles. The van der Waals surface area contributed by atoms with Crippen molar-refractivity contribution in [3.8, 4) is 11.5 Å². The Morgan fingerprint density at radius 2 is 2.19 bits per heavy atom. The maximum absolute atomic E-state index is 12.5. The maximum Gasteiger partial charge on any atom is 0.352 e. The van der Waals surface area contributed by atoms with Crippen molar-refractivity contribution in [1.29, 1.82) is 0 Å². The normalized spacial score (nSPS) is 21.0. The number of hydrogen-bond donors (Lipinski definition) is 2. The van der Waals surface area contributed by atoms with E-state index in [1.807, 2.05) is 0 Å². The van der Waals surface area contributed by atoms with Gasteiger partial charge in [0.1, 0.15) is 28.6 Å². The van der Waals surface area contributed by atoms with Crippen LogP contribution in [0.15, 0.2) is 30.0 Å². The van der Waals surface area contributed by atoms with E-state index < -0.39 is 29.2 Å². The maximum atomic E-state index is 12.5. The summed E-state index contributed by atoms with van der Waals surface area (Å²) in [6, 6.07) is 3.37. The molecule has 2 atom stereocenters. The monoisotopic (exact) mass is 378 g/mol. The molecule has 2 heterocycles. The van der Waals surface area contributed by atoms with E-state index in [1.54, 1.807) is 0 Å². The summed E-state index contributed by atoms with van der Waals surface area (Å²) >= 11 is 1.36. The Morgan fingerprint density at radius 1 is 1.42 bits per heavy atom. The van der Waals surface area contributed by atoms with Crippen LogP contribution in [0.25, 0.3) is 0 Å². The number of aliphatic carboxylic acids is 1. The Labute approximate surface area is 151 Å². The number of hydrogen-bond acceptors (Lipinski definition) is 7. The van der Waals surface area contributed by atoms with Crippen LogP contribution < -0.4 is 14.8 Å². The molecule has 3 rings (SSSR count). The van der Waals surface area contributed by atoms with E-state index in [9.17, 15) is 19.2 Å². The van der Waals surface area contributed by atoms with Gasteiger partial charge >= 0.3 is 5.97 Å². The number of ether oxygens (including phenoxy) is 2. The SMILES string of the molecule is COc1cc(OC=O)ccc1C(=O)NC1C(=O)N2C(C(=O)O)=CCS[C@@H]12. The van der Waals surface area contributed by atoms with Gasteiger partial charge in [-0.15, -0.1) is 11.8 Å². The number of carbonyl (C=O) groups excluding carboxylic acids is 3. The third-order valence-electron chi connectivity index (χ3n) is 3.95. The van der Waals surface area contributed by atoms with E-state index in [0.717, 1.165) is 0 Å². The van der Waals surface area contributed by atoms with Crippen LogP contribution in [0.2, 0.25) is 0 Å². The van der Waals surface area contributed by atoms with Gasteiger partial charge in [0.05, 0.1) is 12.7 Å². The van der Waals surface area contributed by atoms with Gasteiger partial charge in [-0.25, -0.2) is 4.79 Å². The summed E-state index contributed by atoms with van der Waals surface area (Å²) in [4.78, 5) is 47.6. The Hall–Kier alpha value is -3.01. The summed E-state index contributed by atoms with van der Waals surface area (Å²) in [5.74, 6) is -1.40. The number of carboxylic acids is 1. The fourth-order valence-electron chi connectivity index (χ4n) is 2.75. The molecule has 1 aromatic rings. The third kappa shape index (κ3) is 2.99. The number of carboxylic acid groups (broad SMARTS) is 1. The lowest BCUT2D eigenvalue weighted by molar-refractivity contribution is -0.148. The molecule has 0 radical (unpaired) electrons. The van der Waals surface area contributed by atoms with Crippen LogP contribution >= 0.6 is 11.8 Å². The number of amides is 2. The Kier molecular flexibility index (Phi) is 4.85. The molecule has 2 N–H and O–H groups in total. The predicted octanol–water partition coefficient (Wildman–Crippen LogP) is 0.212. The molecule has 2 aliphatic heterocycles. The van der Waals surface area contributed by atoms with E-state index in [2.05, 4.69) is 5.32 Å². The standard InChI is InChI=1S/C16H14N2O7S/c1-24-11-6-8(25-7-19)2-3-9(11)13(20)17-12-14(21)18-10(16(22)23)4-5-26-15(12)18/h2-4,6-7,12,15H,5H2,1H3,(H,17,20)(H,22,23)/t12?,15-/m0/s1. The van der Waals surface area contributed by atoms with Crippen LogP contribution in [-0.4, -0.2) is 58.5 Å². The number of β-lactam (4-membered cyclic amide) rings is 1. The molecule has 10 heteroatoms. The number of nitrogens with one attached hydrogen (secondary N) is 1. The predicted molar refractivity (Wildman–Crippen MR) is 89.8 cm³/mol. The summed E-state index contributed by atoms with van der Waals surface area (Å²) in [6.07, 6.45) is 1.47. The fourth-order valence-corrected chi connectivity index (χ4v) is 3.94. The lowest BCUT2D eigenvalue weighted by Crippen LogP contribution is -2.70. The zero-order chi connectivity index (χ0) is 18.8. The first kappa shape index (κ1) is 17.8. The first-order valence-electron chi connectivity index (χ1n) is 7.45. The number of rotatable bonds is 6. The molecule has 1 fully saturated rings. The van der Waals surface area contributed by atoms with Crippen molar-refractivity contribution < 1.29 is 33.8 Å². The van der Waals surface area contributed by atoms with Crippen LogP contribution in [0.4, 0.5) is 0 Å². The van der Waals surface area contributed by atoms with Gasteiger partial charge in [0, 0.05) is 11.8 Å². The topological polar surface area (TPSA) is 122 Å². The van der Waals surface area contributed by atoms with E-state index in [1.165, 1.54) is 48.0 Å². The highest BCUT2D eigenvalue weighted by molar-refractivity contribution is 8.00. The minimum absolute atomic E-state index is 0.0720. The molecule has 1 unspecified atom stereocenters. The quantitative estimate of drug-likeness (QED) is 0.532. The van der Waals surface area contributed by atoms with Gasteiger partial charge in [-0.05, 0) is 18.2 Å². The molecule has 2 aliphatic rings. The van der Waals surface area contributed by atoms with Crippen LogP contribution in [0.3, 0.4) is 0 Å². The van der Waals surface area contributed by atoms with Crippen LogP contribution in [0, 0.1) is 0 Å². The number of methoxy groups -OCH3 is 1. The van der Waals surface area contributed by atoms with Crippen LogP contribution in [-0.2, 0) is 14.4 Å². The zero-order valence-electron chi connectivity index (χ0n) is 13.5. The second-order valence-electron chi connectivity index (χ2n) is 5.35. The second kappa shape index (κ2) is 7.08. The number of fused-ring (bicyclic) bond motifs is 1. The fraction of sp³-hybridized carbons (Fsp3) is 0.250. The first-order valence-corrected chi connectivity index (χ1v) is 8.50. The van der Waals surface area contributed by atoms with Crippen molar-refractivity contribution >= 4 is 36.0 Å². The molecule has 0 saturated carbocycles. The molecular formula is C16H14N2O7S. The Bertz CT molecular complexity index is 823. The van der Waals surface area contributed by atoms with Crippen molar-refractivity contribution in [1.82, 2.24) is 10.2 Å². The van der Waals surface area contributed by atoms with Crippen molar-refractivity contribution in [2.24, 2.45) is 0 Å². The van der Waals surface area contributed by atoms with Crippen molar-refractivity contribution in [3.05, 3.63) is 35.5 Å². The van der Waals surface area contributed by atoms with Gasteiger partial charge in [0.25, 0.3) is 18.3 Å². The number of thioether (sulfide) groups is 1. The smallest absolute Gasteiger partial charge is 0.352 e. The summed E-state index contributed by atoms with van der Waals surface area (Å²) in [7, 11) is 1.36. The summed E-state index contributed by atoms with van der Waals surface area (Å²) in [6.45, 7) is 0.254. The summed E-state index contributed by atoms with van der Waals surface area (Å²) in [5.41, 5.74) is 0.0870. The zero-order valence-corrected chi connectivity index (χ0v) is 14.3. The lowest BCUT2D eigenvalue weighted by Gasteiger charge is -2.48. The van der Waals surface area contributed by atoms with E-state index in [-0.39, 0.29) is 29.2 Å². The number of nitrogens with zero attached hydrogens (tertiary/aromatic N) is 1. The average Bonchev–Trinajstić information content (AvgIpc) is 2.65. The Morgan fingerprint density at radius 3 is 2.85 bits per heavy atom. The molecular weight excluding hydrogens is 364 g/mol. The van der Waals surface area contributed by atoms with Crippen LogP contribution in [0.1, 0.15) is 10.4 Å². The molecule has 0 aliphatic carbocycles. The highest BCUT2D eigenvalue weighted by Crippen LogP contribution is 2.37. The second-order valence-corrected chi connectivity index (χ2v) is 6.50. The van der Waals surface area contributed by atoms with Gasteiger partial charge in [-0.3, -0.25) is 19.3 Å². The van der Waals surface area contributed by atoms with Gasteiger partial charge in [0.15, 0.2) is 0 Å². The minimum atomic E-state index is -1.18. The lowest BCUT2D eigenvalue weighted by atomic mass is 10.0. The third-order valence-corrected chi connectivity index (χ3v) is 5.14. The molecule has 1 saturated heterocycles. The molecule has 0 spiro atoms.